The van der Waals surface area contributed by atoms with Crippen molar-refractivity contribution < 1.29 is 13.2 Å². The van der Waals surface area contributed by atoms with E-state index < -0.39 is 9.84 Å². The summed E-state index contributed by atoms with van der Waals surface area (Å²) in [5, 5.41) is 0. The summed E-state index contributed by atoms with van der Waals surface area (Å²) in [5.41, 5.74) is 1.47. The SMILES string of the molecule is COc1c(C(C)(C)C)cc(S(C)(=O)=O)cc1C(C)(C)C. The van der Waals surface area contributed by atoms with Gasteiger partial charge in [0.25, 0.3) is 0 Å². The van der Waals surface area contributed by atoms with E-state index in [1.54, 1.807) is 19.2 Å². The van der Waals surface area contributed by atoms with Gasteiger partial charge in [-0.15, -0.1) is 0 Å². The Balaban J connectivity index is 3.85. The van der Waals surface area contributed by atoms with Gasteiger partial charge in [0.1, 0.15) is 5.75 Å². The molecule has 0 aliphatic carbocycles. The molecule has 4 heteroatoms. The van der Waals surface area contributed by atoms with Crippen molar-refractivity contribution in [3.8, 4) is 5.75 Å². The summed E-state index contributed by atoms with van der Waals surface area (Å²) in [6.45, 7) is 12.4. The van der Waals surface area contributed by atoms with Crippen molar-refractivity contribution in [3.63, 3.8) is 0 Å². The maximum Gasteiger partial charge on any atom is 0.175 e. The van der Waals surface area contributed by atoms with Crippen LogP contribution in [-0.4, -0.2) is 21.8 Å². The number of sulfone groups is 1. The van der Waals surface area contributed by atoms with Gasteiger partial charge in [0.05, 0.1) is 12.0 Å². The molecule has 0 atom stereocenters. The van der Waals surface area contributed by atoms with E-state index in [9.17, 15) is 8.42 Å². The van der Waals surface area contributed by atoms with Gasteiger partial charge in [-0.05, 0) is 23.0 Å². The number of hydrogen-bond donors (Lipinski definition) is 0. The third kappa shape index (κ3) is 3.54. The summed E-state index contributed by atoms with van der Waals surface area (Å²) in [5.74, 6) is 0.789. The third-order valence-corrected chi connectivity index (χ3v) is 4.40. The van der Waals surface area contributed by atoms with Crippen LogP contribution in [-0.2, 0) is 20.7 Å². The van der Waals surface area contributed by atoms with E-state index in [0.717, 1.165) is 16.9 Å². The normalized spacial score (nSPS) is 13.4. The average molecular weight is 298 g/mol. The highest BCUT2D eigenvalue weighted by Crippen LogP contribution is 2.41. The molecule has 0 spiro atoms. The molecule has 3 nitrogen and oxygen atoms in total. The molecule has 0 aromatic heterocycles. The van der Waals surface area contributed by atoms with Crippen LogP contribution in [0.5, 0.6) is 5.75 Å². The predicted molar refractivity (Wildman–Crippen MR) is 83.5 cm³/mol. The maximum absolute atomic E-state index is 12.0. The Morgan fingerprint density at radius 3 is 1.45 bits per heavy atom. The van der Waals surface area contributed by atoms with Crippen LogP contribution in [0.2, 0.25) is 0 Å². The van der Waals surface area contributed by atoms with E-state index in [1.807, 2.05) is 0 Å². The molecule has 0 saturated heterocycles. The summed E-state index contributed by atoms with van der Waals surface area (Å²) in [6, 6.07) is 3.48. The van der Waals surface area contributed by atoms with Crippen LogP contribution in [0.15, 0.2) is 17.0 Å². The van der Waals surface area contributed by atoms with Gasteiger partial charge in [0.15, 0.2) is 9.84 Å². The second-order valence-electron chi connectivity index (χ2n) is 7.32. The molecule has 1 aromatic carbocycles. The van der Waals surface area contributed by atoms with Gasteiger partial charge < -0.3 is 4.74 Å². The number of rotatable bonds is 2. The fourth-order valence-electron chi connectivity index (χ4n) is 2.15. The van der Waals surface area contributed by atoms with Crippen LogP contribution in [0.25, 0.3) is 0 Å². The number of ether oxygens (including phenoxy) is 1. The van der Waals surface area contributed by atoms with Crippen molar-refractivity contribution in [2.45, 2.75) is 57.3 Å². The van der Waals surface area contributed by atoms with Crippen LogP contribution in [0.3, 0.4) is 0 Å². The van der Waals surface area contributed by atoms with Crippen molar-refractivity contribution in [1.29, 1.82) is 0 Å². The van der Waals surface area contributed by atoms with Crippen molar-refractivity contribution in [1.82, 2.24) is 0 Å². The predicted octanol–water partition coefficient (Wildman–Crippen LogP) is 3.69. The number of methoxy groups -OCH3 is 1. The Labute approximate surface area is 123 Å². The first-order valence-electron chi connectivity index (χ1n) is 6.71. The standard InChI is InChI=1S/C16H26O3S/c1-15(2,3)12-9-11(20(8,17)18)10-13(14(12)19-7)16(4,5)6/h9-10H,1-8H3. The average Bonchev–Trinajstić information content (AvgIpc) is 2.23. The monoisotopic (exact) mass is 298 g/mol. The van der Waals surface area contributed by atoms with Crippen molar-refractivity contribution in [2.75, 3.05) is 13.4 Å². The Bertz CT molecular complexity index is 565. The van der Waals surface area contributed by atoms with E-state index in [4.69, 9.17) is 4.74 Å². The molecule has 0 heterocycles. The van der Waals surface area contributed by atoms with E-state index >= 15 is 0 Å². The van der Waals surface area contributed by atoms with Gasteiger partial charge in [-0.3, -0.25) is 0 Å². The van der Waals surface area contributed by atoms with Crippen molar-refractivity contribution >= 4 is 9.84 Å². The van der Waals surface area contributed by atoms with Gasteiger partial charge in [-0.1, -0.05) is 41.5 Å². The quantitative estimate of drug-likeness (QED) is 0.836. The molecule has 1 rings (SSSR count). The molecule has 0 N–H and O–H groups in total. The lowest BCUT2D eigenvalue weighted by Gasteiger charge is -2.29. The summed E-state index contributed by atoms with van der Waals surface area (Å²) in [7, 11) is -1.61. The Morgan fingerprint density at radius 1 is 0.900 bits per heavy atom. The van der Waals surface area contributed by atoms with Crippen LogP contribution in [0.1, 0.15) is 52.7 Å². The van der Waals surface area contributed by atoms with Crippen LogP contribution >= 0.6 is 0 Å². The highest BCUT2D eigenvalue weighted by atomic mass is 32.2. The fraction of sp³-hybridized carbons (Fsp3) is 0.625. The summed E-state index contributed by atoms with van der Waals surface area (Å²) in [4.78, 5) is 0.355. The van der Waals surface area contributed by atoms with Gasteiger partial charge >= 0.3 is 0 Å². The topological polar surface area (TPSA) is 43.4 Å². The highest BCUT2D eigenvalue weighted by molar-refractivity contribution is 7.90. The molecule has 0 bridgehead atoms. The maximum atomic E-state index is 12.0. The molecule has 114 valence electrons. The zero-order valence-electron chi connectivity index (χ0n) is 13.8. The smallest absolute Gasteiger partial charge is 0.175 e. The first kappa shape index (κ1) is 17.0. The molecule has 0 amide bonds. The summed E-state index contributed by atoms with van der Waals surface area (Å²) < 4.78 is 29.5. The first-order valence-corrected chi connectivity index (χ1v) is 8.60. The fourth-order valence-corrected chi connectivity index (χ4v) is 2.81. The Hall–Kier alpha value is -1.03. The van der Waals surface area contributed by atoms with Crippen LogP contribution in [0, 0.1) is 0 Å². The van der Waals surface area contributed by atoms with Crippen LogP contribution < -0.4 is 4.74 Å². The number of benzene rings is 1. The van der Waals surface area contributed by atoms with Crippen molar-refractivity contribution in [2.24, 2.45) is 0 Å². The Morgan fingerprint density at radius 2 is 1.25 bits per heavy atom. The second-order valence-corrected chi connectivity index (χ2v) is 9.34. The second kappa shape index (κ2) is 5.06. The molecular weight excluding hydrogens is 272 g/mol. The summed E-state index contributed by atoms with van der Waals surface area (Å²) >= 11 is 0. The zero-order valence-corrected chi connectivity index (χ0v) is 14.6. The highest BCUT2D eigenvalue weighted by Gasteiger charge is 2.29. The van der Waals surface area contributed by atoms with E-state index in [-0.39, 0.29) is 10.8 Å². The molecule has 0 aliphatic rings. The minimum atomic E-state index is -3.25. The van der Waals surface area contributed by atoms with E-state index in [0.29, 0.717) is 4.90 Å². The zero-order chi connectivity index (χ0) is 15.9. The number of hydrogen-bond acceptors (Lipinski definition) is 3. The molecular formula is C16H26O3S. The molecule has 20 heavy (non-hydrogen) atoms. The van der Waals surface area contributed by atoms with E-state index in [1.165, 1.54) is 6.26 Å². The minimum Gasteiger partial charge on any atom is -0.496 e. The molecule has 1 aromatic rings. The van der Waals surface area contributed by atoms with Crippen molar-refractivity contribution in [3.05, 3.63) is 23.3 Å². The molecule has 0 saturated carbocycles. The molecule has 0 aliphatic heterocycles. The van der Waals surface area contributed by atoms with E-state index in [2.05, 4.69) is 41.5 Å². The van der Waals surface area contributed by atoms with Gasteiger partial charge in [0.2, 0.25) is 0 Å². The molecule has 0 fully saturated rings. The third-order valence-electron chi connectivity index (χ3n) is 3.31. The van der Waals surface area contributed by atoms with Gasteiger partial charge in [-0.25, -0.2) is 8.42 Å². The lowest BCUT2D eigenvalue weighted by molar-refractivity contribution is 0.380. The lowest BCUT2D eigenvalue weighted by Crippen LogP contribution is -2.20. The summed E-state index contributed by atoms with van der Waals surface area (Å²) in [6.07, 6.45) is 1.24. The largest absolute Gasteiger partial charge is 0.496 e. The molecule has 0 radical (unpaired) electrons. The van der Waals surface area contributed by atoms with Crippen LogP contribution in [0.4, 0.5) is 0 Å². The molecule has 0 unspecified atom stereocenters. The lowest BCUT2D eigenvalue weighted by atomic mass is 9.79. The minimum absolute atomic E-state index is 0.188. The van der Waals surface area contributed by atoms with Gasteiger partial charge in [-0.2, -0.15) is 0 Å². The first-order chi connectivity index (χ1) is 8.78. The Kier molecular flexibility index (Phi) is 4.31. The van der Waals surface area contributed by atoms with Gasteiger partial charge in [0, 0.05) is 17.4 Å².